The highest BCUT2D eigenvalue weighted by Gasteiger charge is 2.14. The average molecular weight is 323 g/mol. The van der Waals surface area contributed by atoms with Crippen molar-refractivity contribution in [2.24, 2.45) is 0 Å². The monoisotopic (exact) mass is 323 g/mol. The van der Waals surface area contributed by atoms with Crippen LogP contribution in [0.2, 0.25) is 0 Å². The number of nitrogens with one attached hydrogen (secondary N) is 1. The third-order valence-electron chi connectivity index (χ3n) is 2.90. The molecule has 1 amide bonds. The Kier molecular flexibility index (Phi) is 4.16. The number of phenolic OH excluding ortho intramolecular Hbond substituents is 1. The van der Waals surface area contributed by atoms with Gasteiger partial charge >= 0.3 is 0 Å². The zero-order valence-electron chi connectivity index (χ0n) is 11.5. The smallest absolute Gasteiger partial charge is 0.294 e. The number of hydrogen-bond acceptors (Lipinski definition) is 5. The first kappa shape index (κ1) is 15.9. The van der Waals surface area contributed by atoms with Crippen LogP contribution in [0.3, 0.4) is 0 Å². The number of hydrogen-bond donors (Lipinski definition) is 3. The normalized spacial score (nSPS) is 11.4. The third kappa shape index (κ3) is 3.60. The molecular weight excluding hydrogens is 310 g/mol. The minimum Gasteiger partial charge on any atom is -0.507 e. The number of carbonyl (C=O) groups is 2. The molecule has 0 saturated heterocycles. The molecule has 2 aromatic rings. The van der Waals surface area contributed by atoms with E-state index in [2.05, 4.69) is 5.32 Å². The highest BCUT2D eigenvalue weighted by molar-refractivity contribution is 7.85. The third-order valence-corrected chi connectivity index (χ3v) is 3.73. The predicted octanol–water partition coefficient (Wildman–Crippen LogP) is 1.71. The summed E-state index contributed by atoms with van der Waals surface area (Å²) in [4.78, 5) is 21.9. The van der Waals surface area contributed by atoms with Crippen LogP contribution >= 0.6 is 0 Å². The first-order valence-corrected chi connectivity index (χ1v) is 7.64. The van der Waals surface area contributed by atoms with Crippen molar-refractivity contribution in [3.8, 4) is 5.75 Å². The summed E-state index contributed by atoms with van der Waals surface area (Å²) in [5.74, 6) is -1.10. The number of rotatable bonds is 4. The molecule has 0 saturated carbocycles. The molecule has 8 heteroatoms. The van der Waals surface area contributed by atoms with Gasteiger partial charge in [-0.25, -0.2) is 0 Å². The molecule has 0 aliphatic rings. The minimum atomic E-state index is -4.46. The van der Waals surface area contributed by atoms with Crippen molar-refractivity contribution in [2.45, 2.75) is 18.2 Å². The number of amides is 1. The molecule has 0 fully saturated rings. The molecule has 22 heavy (non-hydrogen) atoms. The van der Waals surface area contributed by atoms with E-state index in [4.69, 9.17) is 4.55 Å². The Labute approximate surface area is 126 Å². The highest BCUT2D eigenvalue weighted by atomic mass is 32.2. The zero-order valence-corrected chi connectivity index (χ0v) is 12.3. The summed E-state index contributed by atoms with van der Waals surface area (Å²) in [6, 6.07) is 6.54. The lowest BCUT2D eigenvalue weighted by molar-refractivity contribution is -0.124. The Morgan fingerprint density at radius 2 is 1.86 bits per heavy atom. The van der Waals surface area contributed by atoms with Crippen LogP contribution in [-0.2, 0) is 19.7 Å². The summed E-state index contributed by atoms with van der Waals surface area (Å²) in [6.07, 6.45) is -0.269. The van der Waals surface area contributed by atoms with E-state index in [0.29, 0.717) is 16.5 Å². The Hall–Kier alpha value is -2.45. The molecule has 0 aliphatic carbocycles. The van der Waals surface area contributed by atoms with E-state index in [1.165, 1.54) is 31.2 Å². The first-order chi connectivity index (χ1) is 10.2. The van der Waals surface area contributed by atoms with Gasteiger partial charge < -0.3 is 10.4 Å². The van der Waals surface area contributed by atoms with Crippen molar-refractivity contribution in [1.82, 2.24) is 0 Å². The molecule has 0 atom stereocenters. The number of Topliss-reactive ketones (excluding diaryl/α,β-unsaturated/α-hetero) is 1. The van der Waals surface area contributed by atoms with Crippen molar-refractivity contribution >= 4 is 38.3 Å². The molecule has 7 nitrogen and oxygen atoms in total. The maximum Gasteiger partial charge on any atom is 0.294 e. The van der Waals surface area contributed by atoms with Gasteiger partial charge in [-0.2, -0.15) is 8.42 Å². The van der Waals surface area contributed by atoms with Gasteiger partial charge in [-0.1, -0.05) is 0 Å². The maximum atomic E-state index is 11.5. The van der Waals surface area contributed by atoms with Gasteiger partial charge in [0.2, 0.25) is 5.91 Å². The fraction of sp³-hybridized carbons (Fsp3) is 0.143. The highest BCUT2D eigenvalue weighted by Crippen LogP contribution is 2.30. The number of benzene rings is 2. The number of anilines is 1. The van der Waals surface area contributed by atoms with Gasteiger partial charge in [-0.15, -0.1) is 0 Å². The Balaban J connectivity index is 2.45. The SMILES string of the molecule is CC(=O)CC(=O)Nc1ccc2c(O)cc(S(=O)(=O)O)cc2c1. The fourth-order valence-electron chi connectivity index (χ4n) is 1.98. The van der Waals surface area contributed by atoms with Crippen LogP contribution in [0.25, 0.3) is 10.8 Å². The lowest BCUT2D eigenvalue weighted by atomic mass is 10.1. The number of phenols is 1. The molecule has 2 aromatic carbocycles. The van der Waals surface area contributed by atoms with Crippen molar-refractivity contribution in [2.75, 3.05) is 5.32 Å². The largest absolute Gasteiger partial charge is 0.507 e. The van der Waals surface area contributed by atoms with Gasteiger partial charge in [0.1, 0.15) is 11.5 Å². The van der Waals surface area contributed by atoms with E-state index < -0.39 is 20.9 Å². The molecule has 3 N–H and O–H groups in total. The minimum absolute atomic E-state index is 0.269. The second-order valence-electron chi connectivity index (χ2n) is 4.78. The van der Waals surface area contributed by atoms with Crippen LogP contribution in [0.15, 0.2) is 35.2 Å². The molecule has 0 radical (unpaired) electrons. The van der Waals surface area contributed by atoms with E-state index in [9.17, 15) is 23.1 Å². The van der Waals surface area contributed by atoms with Crippen molar-refractivity contribution in [1.29, 1.82) is 0 Å². The predicted molar refractivity (Wildman–Crippen MR) is 79.4 cm³/mol. The molecule has 0 aliphatic heterocycles. The van der Waals surface area contributed by atoms with Gasteiger partial charge in [0.05, 0.1) is 11.3 Å². The quantitative estimate of drug-likeness (QED) is 0.582. The standard InChI is InChI=1S/C14H13NO6S/c1-8(16)4-14(18)15-10-2-3-12-9(5-10)6-11(7-13(12)17)22(19,20)21/h2-3,5-7,17H,4H2,1H3,(H,15,18)(H,19,20,21). The van der Waals surface area contributed by atoms with Crippen molar-refractivity contribution in [3.63, 3.8) is 0 Å². The van der Waals surface area contributed by atoms with E-state index >= 15 is 0 Å². The maximum absolute atomic E-state index is 11.5. The second-order valence-corrected chi connectivity index (χ2v) is 6.20. The van der Waals surface area contributed by atoms with E-state index in [-0.39, 0.29) is 18.0 Å². The van der Waals surface area contributed by atoms with Crippen LogP contribution in [0.1, 0.15) is 13.3 Å². The summed E-state index contributed by atoms with van der Waals surface area (Å²) in [5.41, 5.74) is 0.339. The Morgan fingerprint density at radius 1 is 1.18 bits per heavy atom. The first-order valence-electron chi connectivity index (χ1n) is 6.20. The fourth-order valence-corrected chi connectivity index (χ4v) is 2.52. The molecule has 2 rings (SSSR count). The van der Waals surface area contributed by atoms with Crippen LogP contribution in [0, 0.1) is 0 Å². The van der Waals surface area contributed by atoms with Gasteiger partial charge in [0, 0.05) is 17.1 Å². The number of fused-ring (bicyclic) bond motifs is 1. The molecule has 0 bridgehead atoms. The molecule has 0 heterocycles. The number of ketones is 1. The van der Waals surface area contributed by atoms with Gasteiger partial charge in [-0.05, 0) is 36.6 Å². The van der Waals surface area contributed by atoms with Crippen molar-refractivity contribution in [3.05, 3.63) is 30.3 Å². The van der Waals surface area contributed by atoms with Crippen LogP contribution in [-0.4, -0.2) is 29.8 Å². The van der Waals surface area contributed by atoms with Crippen molar-refractivity contribution < 1.29 is 27.7 Å². The van der Waals surface area contributed by atoms with Gasteiger partial charge in [0.25, 0.3) is 10.1 Å². The lowest BCUT2D eigenvalue weighted by Crippen LogP contribution is -2.14. The summed E-state index contributed by atoms with van der Waals surface area (Å²) < 4.78 is 31.3. The zero-order chi connectivity index (χ0) is 16.5. The molecular formula is C14H13NO6S. The number of aromatic hydroxyl groups is 1. The summed E-state index contributed by atoms with van der Waals surface area (Å²) in [6.45, 7) is 1.29. The number of carbonyl (C=O) groups excluding carboxylic acids is 2. The molecule has 0 aromatic heterocycles. The van der Waals surface area contributed by atoms with Crippen LogP contribution < -0.4 is 5.32 Å². The van der Waals surface area contributed by atoms with E-state index in [1.54, 1.807) is 0 Å². The lowest BCUT2D eigenvalue weighted by Gasteiger charge is -2.08. The van der Waals surface area contributed by atoms with E-state index in [0.717, 1.165) is 6.07 Å². The summed E-state index contributed by atoms with van der Waals surface area (Å²) in [7, 11) is -4.46. The Morgan fingerprint density at radius 3 is 2.45 bits per heavy atom. The van der Waals surface area contributed by atoms with Gasteiger partial charge in [0.15, 0.2) is 0 Å². The van der Waals surface area contributed by atoms with Crippen LogP contribution in [0.4, 0.5) is 5.69 Å². The molecule has 0 unspecified atom stereocenters. The molecule has 0 spiro atoms. The van der Waals surface area contributed by atoms with E-state index in [1.807, 2.05) is 0 Å². The average Bonchev–Trinajstić information content (AvgIpc) is 2.35. The summed E-state index contributed by atoms with van der Waals surface area (Å²) in [5, 5.41) is 13.0. The Bertz CT molecular complexity index is 872. The van der Waals surface area contributed by atoms with Crippen LogP contribution in [0.5, 0.6) is 5.75 Å². The summed E-state index contributed by atoms with van der Waals surface area (Å²) >= 11 is 0. The second kappa shape index (κ2) is 5.74. The molecule has 116 valence electrons. The van der Waals surface area contributed by atoms with Gasteiger partial charge in [-0.3, -0.25) is 14.1 Å². The topological polar surface area (TPSA) is 121 Å².